The van der Waals surface area contributed by atoms with Crippen LogP contribution in [-0.2, 0) is 11.2 Å². The highest BCUT2D eigenvalue weighted by atomic mass is 16.5. The van der Waals surface area contributed by atoms with E-state index in [1.54, 1.807) is 6.08 Å². The summed E-state index contributed by atoms with van der Waals surface area (Å²) in [6.45, 7) is 8.24. The minimum atomic E-state index is -0.447. The van der Waals surface area contributed by atoms with Crippen molar-refractivity contribution < 1.29 is 14.3 Å². The normalized spacial score (nSPS) is 15.4. The molecule has 0 aromatic heterocycles. The van der Waals surface area contributed by atoms with E-state index in [0.717, 1.165) is 34.5 Å². The van der Waals surface area contributed by atoms with Crippen molar-refractivity contribution in [2.75, 3.05) is 11.9 Å². The molecule has 0 fully saturated rings. The highest BCUT2D eigenvalue weighted by Gasteiger charge is 2.22. The van der Waals surface area contributed by atoms with Crippen LogP contribution in [-0.4, -0.2) is 18.6 Å². The summed E-state index contributed by atoms with van der Waals surface area (Å²) in [6.07, 6.45) is 2.48. The van der Waals surface area contributed by atoms with Crippen LogP contribution in [0.5, 0.6) is 11.5 Å². The lowest BCUT2D eigenvalue weighted by Gasteiger charge is -2.12. The molecule has 2 aromatic carbocycles. The van der Waals surface area contributed by atoms with E-state index in [-0.39, 0.29) is 11.7 Å². The van der Waals surface area contributed by atoms with Gasteiger partial charge in [0.1, 0.15) is 29.2 Å². The zero-order chi connectivity index (χ0) is 20.3. The van der Waals surface area contributed by atoms with Crippen molar-refractivity contribution >= 4 is 17.7 Å². The van der Waals surface area contributed by atoms with Crippen LogP contribution in [0.25, 0.3) is 6.08 Å². The van der Waals surface area contributed by atoms with Gasteiger partial charge in [0.05, 0.1) is 6.61 Å². The Labute approximate surface area is 165 Å². The number of nitriles is 1. The minimum absolute atomic E-state index is 0.00889. The quantitative estimate of drug-likeness (QED) is 0.613. The third-order valence-electron chi connectivity index (χ3n) is 4.71. The minimum Gasteiger partial charge on any atom is -0.493 e. The molecule has 0 saturated heterocycles. The molecule has 0 bridgehead atoms. The number of carbonyl (C=O) groups excluding carboxylic acids is 1. The second-order valence-electron chi connectivity index (χ2n) is 6.95. The first-order valence-corrected chi connectivity index (χ1v) is 9.38. The van der Waals surface area contributed by atoms with Crippen molar-refractivity contribution in [1.29, 1.82) is 5.26 Å². The van der Waals surface area contributed by atoms with Crippen LogP contribution in [0.15, 0.2) is 35.9 Å². The standard InChI is InChI=1S/C23H24N2O3/c1-5-27-20-11-17-9-16(4)28-21(17)12-18(20)10-19(13-24)23(26)25-22-14(2)7-6-8-15(22)3/h6-8,10-12,16H,5,9H2,1-4H3,(H,25,26)/b19-10+. The number of ether oxygens (including phenoxy) is 2. The van der Waals surface area contributed by atoms with Gasteiger partial charge in [0.15, 0.2) is 0 Å². The number of nitrogens with one attached hydrogen (secondary N) is 1. The van der Waals surface area contributed by atoms with Crippen LogP contribution in [0, 0.1) is 25.2 Å². The summed E-state index contributed by atoms with van der Waals surface area (Å²) < 4.78 is 11.6. The predicted molar refractivity (Wildman–Crippen MR) is 110 cm³/mol. The van der Waals surface area contributed by atoms with Gasteiger partial charge in [0, 0.05) is 23.2 Å². The number of fused-ring (bicyclic) bond motifs is 1. The van der Waals surface area contributed by atoms with Gasteiger partial charge in [-0.05, 0) is 57.0 Å². The first kappa shape index (κ1) is 19.5. The van der Waals surface area contributed by atoms with Crippen LogP contribution in [0.2, 0.25) is 0 Å². The summed E-state index contributed by atoms with van der Waals surface area (Å²) in [4.78, 5) is 12.7. The predicted octanol–water partition coefficient (Wildman–Crippen LogP) is 4.57. The molecule has 0 spiro atoms. The Hall–Kier alpha value is -3.26. The Morgan fingerprint density at radius 2 is 2.07 bits per heavy atom. The van der Waals surface area contributed by atoms with E-state index in [4.69, 9.17) is 9.47 Å². The van der Waals surface area contributed by atoms with E-state index in [9.17, 15) is 10.1 Å². The fourth-order valence-corrected chi connectivity index (χ4v) is 3.34. The fraction of sp³-hybridized carbons (Fsp3) is 0.304. The molecule has 1 heterocycles. The number of hydrogen-bond acceptors (Lipinski definition) is 4. The largest absolute Gasteiger partial charge is 0.493 e. The molecule has 2 aromatic rings. The zero-order valence-corrected chi connectivity index (χ0v) is 16.6. The van der Waals surface area contributed by atoms with Gasteiger partial charge in [-0.25, -0.2) is 0 Å². The second kappa shape index (κ2) is 8.18. The number of nitrogens with zero attached hydrogens (tertiary/aromatic N) is 1. The number of anilines is 1. The van der Waals surface area contributed by atoms with Gasteiger partial charge in [-0.1, -0.05) is 18.2 Å². The van der Waals surface area contributed by atoms with Crippen molar-refractivity contribution in [3.05, 3.63) is 58.2 Å². The Balaban J connectivity index is 1.95. The Morgan fingerprint density at radius 1 is 1.36 bits per heavy atom. The number of aryl methyl sites for hydroxylation is 2. The van der Waals surface area contributed by atoms with Crippen molar-refractivity contribution in [3.63, 3.8) is 0 Å². The molecule has 28 heavy (non-hydrogen) atoms. The maximum absolute atomic E-state index is 12.7. The van der Waals surface area contributed by atoms with Crippen LogP contribution in [0.3, 0.4) is 0 Å². The van der Waals surface area contributed by atoms with E-state index in [1.165, 1.54) is 0 Å². The van der Waals surface area contributed by atoms with Gasteiger partial charge in [0.2, 0.25) is 0 Å². The Kier molecular flexibility index (Phi) is 5.70. The number of benzene rings is 2. The SMILES string of the molecule is CCOc1cc2c(cc1/C=C(\C#N)C(=O)Nc1c(C)cccc1C)OC(C)C2. The van der Waals surface area contributed by atoms with E-state index in [0.29, 0.717) is 17.9 Å². The second-order valence-corrected chi connectivity index (χ2v) is 6.95. The fourth-order valence-electron chi connectivity index (χ4n) is 3.34. The molecule has 1 aliphatic rings. The van der Waals surface area contributed by atoms with Crippen LogP contribution >= 0.6 is 0 Å². The lowest BCUT2D eigenvalue weighted by Crippen LogP contribution is -2.15. The monoisotopic (exact) mass is 376 g/mol. The first-order valence-electron chi connectivity index (χ1n) is 9.38. The average Bonchev–Trinajstić information content (AvgIpc) is 3.01. The third kappa shape index (κ3) is 4.01. The summed E-state index contributed by atoms with van der Waals surface area (Å²) in [5.41, 5.74) is 4.36. The molecular formula is C23H24N2O3. The zero-order valence-electron chi connectivity index (χ0n) is 16.6. The smallest absolute Gasteiger partial charge is 0.266 e. The number of para-hydroxylation sites is 1. The van der Waals surface area contributed by atoms with Crippen LogP contribution in [0.1, 0.15) is 36.1 Å². The molecule has 3 rings (SSSR count). The van der Waals surface area contributed by atoms with Crippen molar-refractivity contribution in [2.45, 2.75) is 40.2 Å². The number of rotatable bonds is 5. The summed E-state index contributed by atoms with van der Waals surface area (Å²) in [7, 11) is 0. The molecular weight excluding hydrogens is 352 g/mol. The van der Waals surface area contributed by atoms with Gasteiger partial charge in [-0.3, -0.25) is 4.79 Å². The summed E-state index contributed by atoms with van der Waals surface area (Å²) >= 11 is 0. The highest BCUT2D eigenvalue weighted by Crippen LogP contribution is 2.36. The average molecular weight is 376 g/mol. The van der Waals surface area contributed by atoms with Gasteiger partial charge in [-0.15, -0.1) is 0 Å². The molecule has 5 nitrogen and oxygen atoms in total. The lowest BCUT2D eigenvalue weighted by molar-refractivity contribution is -0.112. The maximum Gasteiger partial charge on any atom is 0.266 e. The number of carbonyl (C=O) groups is 1. The van der Waals surface area contributed by atoms with E-state index in [1.807, 2.05) is 64.1 Å². The Bertz CT molecular complexity index is 966. The molecule has 0 radical (unpaired) electrons. The molecule has 1 atom stereocenters. The molecule has 1 aliphatic heterocycles. The van der Waals surface area contributed by atoms with E-state index < -0.39 is 5.91 Å². The maximum atomic E-state index is 12.7. The molecule has 1 unspecified atom stereocenters. The first-order chi connectivity index (χ1) is 13.4. The van der Waals surface area contributed by atoms with Gasteiger partial charge in [0.25, 0.3) is 5.91 Å². The highest BCUT2D eigenvalue weighted by molar-refractivity contribution is 6.10. The number of amides is 1. The van der Waals surface area contributed by atoms with Crippen molar-refractivity contribution in [2.24, 2.45) is 0 Å². The van der Waals surface area contributed by atoms with Gasteiger partial charge >= 0.3 is 0 Å². The van der Waals surface area contributed by atoms with Crippen molar-refractivity contribution in [1.82, 2.24) is 0 Å². The molecule has 1 N–H and O–H groups in total. The van der Waals surface area contributed by atoms with Crippen molar-refractivity contribution in [3.8, 4) is 17.6 Å². The van der Waals surface area contributed by atoms with Crippen LogP contribution < -0.4 is 14.8 Å². The van der Waals surface area contributed by atoms with Gasteiger partial charge < -0.3 is 14.8 Å². The molecule has 5 heteroatoms. The Morgan fingerprint density at radius 3 is 2.71 bits per heavy atom. The molecule has 0 saturated carbocycles. The number of hydrogen-bond donors (Lipinski definition) is 1. The third-order valence-corrected chi connectivity index (χ3v) is 4.71. The lowest BCUT2D eigenvalue weighted by atomic mass is 10.0. The molecule has 1 amide bonds. The molecule has 144 valence electrons. The van der Waals surface area contributed by atoms with Gasteiger partial charge in [-0.2, -0.15) is 5.26 Å². The summed E-state index contributed by atoms with van der Waals surface area (Å²) in [6, 6.07) is 11.6. The summed E-state index contributed by atoms with van der Waals surface area (Å²) in [5.74, 6) is 0.971. The van der Waals surface area contributed by atoms with Crippen LogP contribution in [0.4, 0.5) is 5.69 Å². The van der Waals surface area contributed by atoms with E-state index >= 15 is 0 Å². The van der Waals surface area contributed by atoms with E-state index in [2.05, 4.69) is 5.32 Å². The summed E-state index contributed by atoms with van der Waals surface area (Å²) in [5, 5.41) is 12.4. The topological polar surface area (TPSA) is 71.3 Å². The molecule has 0 aliphatic carbocycles.